The molecule has 0 aliphatic carbocycles. The van der Waals surface area contributed by atoms with Crippen molar-refractivity contribution in [1.82, 2.24) is 15.0 Å². The summed E-state index contributed by atoms with van der Waals surface area (Å²) in [6.07, 6.45) is 4.29. The lowest BCUT2D eigenvalue weighted by atomic mass is 10.2. The van der Waals surface area contributed by atoms with E-state index in [0.29, 0.717) is 11.6 Å². The molecule has 3 heterocycles. The molecule has 3 N–H and O–H groups in total. The van der Waals surface area contributed by atoms with Crippen LogP contribution in [-0.2, 0) is 0 Å². The van der Waals surface area contributed by atoms with Crippen LogP contribution in [0.3, 0.4) is 0 Å². The van der Waals surface area contributed by atoms with Crippen molar-refractivity contribution in [1.29, 1.82) is 0 Å². The molecule has 3 rings (SSSR count). The summed E-state index contributed by atoms with van der Waals surface area (Å²) in [5.41, 5.74) is 7.26. The van der Waals surface area contributed by atoms with Gasteiger partial charge in [-0.1, -0.05) is 0 Å². The third kappa shape index (κ3) is 2.48. The number of hydrogen-bond acceptors (Lipinski definition) is 5. The Kier molecular flexibility index (Phi) is 3.00. The number of anilines is 1. The average molecular weight is 257 g/mol. The minimum atomic E-state index is -0.155. The van der Waals surface area contributed by atoms with Gasteiger partial charge in [-0.15, -0.1) is 0 Å². The molecule has 1 atom stereocenters. The molecule has 1 aliphatic rings. The lowest BCUT2D eigenvalue weighted by molar-refractivity contribution is 0.750. The van der Waals surface area contributed by atoms with Crippen LogP contribution in [0.5, 0.6) is 0 Å². The molecular weight excluding hydrogens is 242 g/mol. The van der Waals surface area contributed by atoms with Crippen LogP contribution in [0.4, 0.5) is 5.95 Å². The number of pyridine rings is 1. The Morgan fingerprint density at radius 1 is 1.37 bits per heavy atom. The number of nitrogens with one attached hydrogen (secondary N) is 1. The fourth-order valence-corrected chi connectivity index (χ4v) is 2.24. The predicted octanol–water partition coefficient (Wildman–Crippen LogP) is 0.369. The summed E-state index contributed by atoms with van der Waals surface area (Å²) in [5.74, 6) is 0.590. The number of aromatic amines is 1. The van der Waals surface area contributed by atoms with Crippen molar-refractivity contribution in [3.05, 3.63) is 40.9 Å². The van der Waals surface area contributed by atoms with E-state index in [4.69, 9.17) is 5.73 Å². The van der Waals surface area contributed by atoms with Crippen LogP contribution in [-0.4, -0.2) is 34.1 Å². The highest BCUT2D eigenvalue weighted by Gasteiger charge is 2.21. The molecule has 0 amide bonds. The Balaban J connectivity index is 1.99. The maximum Gasteiger partial charge on any atom is 0.252 e. The third-order valence-electron chi connectivity index (χ3n) is 3.23. The van der Waals surface area contributed by atoms with Gasteiger partial charge in [0.25, 0.3) is 5.56 Å². The Morgan fingerprint density at radius 3 is 2.84 bits per heavy atom. The summed E-state index contributed by atoms with van der Waals surface area (Å²) >= 11 is 0. The monoisotopic (exact) mass is 257 g/mol. The van der Waals surface area contributed by atoms with Crippen molar-refractivity contribution in [3.63, 3.8) is 0 Å². The summed E-state index contributed by atoms with van der Waals surface area (Å²) < 4.78 is 0. The summed E-state index contributed by atoms with van der Waals surface area (Å²) in [4.78, 5) is 25.0. The zero-order chi connectivity index (χ0) is 13.2. The van der Waals surface area contributed by atoms with Crippen LogP contribution in [0.1, 0.15) is 6.42 Å². The summed E-state index contributed by atoms with van der Waals surface area (Å²) in [6, 6.07) is 5.31. The van der Waals surface area contributed by atoms with Crippen molar-refractivity contribution in [2.75, 3.05) is 18.0 Å². The van der Waals surface area contributed by atoms with Gasteiger partial charge in [0.05, 0.1) is 5.69 Å². The molecule has 2 aromatic rings. The van der Waals surface area contributed by atoms with Crippen molar-refractivity contribution in [3.8, 4) is 11.3 Å². The number of nitrogens with two attached hydrogens (primary N) is 1. The first kappa shape index (κ1) is 11.9. The molecule has 0 saturated carbocycles. The van der Waals surface area contributed by atoms with Gasteiger partial charge >= 0.3 is 0 Å². The van der Waals surface area contributed by atoms with E-state index in [0.717, 1.165) is 25.1 Å². The number of rotatable bonds is 2. The maximum atomic E-state index is 11.8. The first-order chi connectivity index (χ1) is 9.22. The largest absolute Gasteiger partial charge is 0.341 e. The normalized spacial score (nSPS) is 18.8. The molecule has 2 aromatic heterocycles. The highest BCUT2D eigenvalue weighted by Crippen LogP contribution is 2.18. The molecular formula is C13H15N5O. The van der Waals surface area contributed by atoms with Crippen molar-refractivity contribution < 1.29 is 0 Å². The number of nitrogens with zero attached hydrogens (tertiary/aromatic N) is 3. The molecule has 6 nitrogen and oxygen atoms in total. The quantitative estimate of drug-likeness (QED) is 0.811. The SMILES string of the molecule is NC1CCN(c2nc(-c3ccncc3)cc(=O)[nH]2)C1. The van der Waals surface area contributed by atoms with Crippen LogP contribution in [0, 0.1) is 0 Å². The van der Waals surface area contributed by atoms with E-state index >= 15 is 0 Å². The molecule has 1 aliphatic heterocycles. The second kappa shape index (κ2) is 4.81. The standard InChI is InChI=1S/C13H15N5O/c14-10-3-6-18(8-10)13-16-11(7-12(19)17-13)9-1-4-15-5-2-9/h1-2,4-5,7,10H,3,6,8,14H2,(H,16,17,19). The van der Waals surface area contributed by atoms with Gasteiger partial charge in [-0.05, 0) is 18.6 Å². The number of aromatic nitrogens is 3. The van der Waals surface area contributed by atoms with Gasteiger partial charge in [0.1, 0.15) is 0 Å². The Hall–Kier alpha value is -2.21. The van der Waals surface area contributed by atoms with E-state index in [1.165, 1.54) is 6.07 Å². The minimum Gasteiger partial charge on any atom is -0.341 e. The Bertz CT molecular complexity index is 624. The second-order valence-electron chi connectivity index (χ2n) is 4.68. The van der Waals surface area contributed by atoms with E-state index < -0.39 is 0 Å². The van der Waals surface area contributed by atoms with Gasteiger partial charge in [-0.2, -0.15) is 0 Å². The highest BCUT2D eigenvalue weighted by molar-refractivity contribution is 5.59. The van der Waals surface area contributed by atoms with E-state index in [-0.39, 0.29) is 11.6 Å². The molecule has 1 saturated heterocycles. The molecule has 98 valence electrons. The third-order valence-corrected chi connectivity index (χ3v) is 3.23. The smallest absolute Gasteiger partial charge is 0.252 e. The fraction of sp³-hybridized carbons (Fsp3) is 0.308. The first-order valence-corrected chi connectivity index (χ1v) is 6.24. The molecule has 0 radical (unpaired) electrons. The van der Waals surface area contributed by atoms with Gasteiger partial charge in [-0.25, -0.2) is 4.98 Å². The van der Waals surface area contributed by atoms with Gasteiger partial charge in [0, 0.05) is 43.2 Å². The van der Waals surface area contributed by atoms with Crippen LogP contribution < -0.4 is 16.2 Å². The summed E-state index contributed by atoms with van der Waals surface area (Å²) in [5, 5.41) is 0. The summed E-state index contributed by atoms with van der Waals surface area (Å²) in [7, 11) is 0. The second-order valence-corrected chi connectivity index (χ2v) is 4.68. The number of hydrogen-bond donors (Lipinski definition) is 2. The van der Waals surface area contributed by atoms with Gasteiger partial charge in [0.2, 0.25) is 5.95 Å². The van der Waals surface area contributed by atoms with E-state index in [2.05, 4.69) is 15.0 Å². The molecule has 1 unspecified atom stereocenters. The molecule has 1 fully saturated rings. The first-order valence-electron chi connectivity index (χ1n) is 6.24. The van der Waals surface area contributed by atoms with E-state index in [1.807, 2.05) is 17.0 Å². The van der Waals surface area contributed by atoms with Crippen LogP contribution in [0.25, 0.3) is 11.3 Å². The highest BCUT2D eigenvalue weighted by atomic mass is 16.1. The van der Waals surface area contributed by atoms with Crippen molar-refractivity contribution in [2.45, 2.75) is 12.5 Å². The Morgan fingerprint density at radius 2 is 2.16 bits per heavy atom. The van der Waals surface area contributed by atoms with Crippen LogP contribution in [0.2, 0.25) is 0 Å². The summed E-state index contributed by atoms with van der Waals surface area (Å²) in [6.45, 7) is 1.55. The molecule has 19 heavy (non-hydrogen) atoms. The zero-order valence-electron chi connectivity index (χ0n) is 10.4. The zero-order valence-corrected chi connectivity index (χ0v) is 10.4. The average Bonchev–Trinajstić information content (AvgIpc) is 2.86. The van der Waals surface area contributed by atoms with Gasteiger partial charge < -0.3 is 10.6 Å². The minimum absolute atomic E-state index is 0.148. The van der Waals surface area contributed by atoms with Gasteiger partial charge in [-0.3, -0.25) is 14.8 Å². The van der Waals surface area contributed by atoms with E-state index in [1.54, 1.807) is 12.4 Å². The van der Waals surface area contributed by atoms with Crippen LogP contribution in [0.15, 0.2) is 35.4 Å². The van der Waals surface area contributed by atoms with Crippen molar-refractivity contribution in [2.24, 2.45) is 5.73 Å². The number of H-pyrrole nitrogens is 1. The molecule has 0 spiro atoms. The topological polar surface area (TPSA) is 87.9 Å². The molecule has 6 heteroatoms. The van der Waals surface area contributed by atoms with Crippen LogP contribution >= 0.6 is 0 Å². The van der Waals surface area contributed by atoms with E-state index in [9.17, 15) is 4.79 Å². The van der Waals surface area contributed by atoms with Gasteiger partial charge in [0.15, 0.2) is 0 Å². The lowest BCUT2D eigenvalue weighted by Crippen LogP contribution is -2.29. The predicted molar refractivity (Wildman–Crippen MR) is 72.9 cm³/mol. The van der Waals surface area contributed by atoms with Crippen molar-refractivity contribution >= 4 is 5.95 Å². The lowest BCUT2D eigenvalue weighted by Gasteiger charge is -2.16. The maximum absolute atomic E-state index is 11.8. The molecule has 0 bridgehead atoms. The molecule has 0 aromatic carbocycles. The Labute approximate surface area is 110 Å². The fourth-order valence-electron chi connectivity index (χ4n) is 2.24.